The smallest absolute Gasteiger partial charge is 0.166 e. The van der Waals surface area contributed by atoms with Crippen LogP contribution in [0.4, 0.5) is 0 Å². The van der Waals surface area contributed by atoms with Gasteiger partial charge in [0.05, 0.1) is 29.1 Å². The zero-order chi connectivity index (χ0) is 48.8. The van der Waals surface area contributed by atoms with E-state index in [2.05, 4.69) is 66.7 Å². The minimum atomic E-state index is -0.441. The number of fused-ring (bicyclic) bond motifs is 6. The second-order valence-corrected chi connectivity index (χ2v) is 15.8. The summed E-state index contributed by atoms with van der Waals surface area (Å²) in [6, 6.07) is 49.3. The van der Waals surface area contributed by atoms with Gasteiger partial charge in [0.2, 0.25) is 0 Å². The fourth-order valence-electron chi connectivity index (χ4n) is 8.36. The van der Waals surface area contributed by atoms with Gasteiger partial charge in [0.15, 0.2) is 17.5 Å². The van der Waals surface area contributed by atoms with E-state index in [1.807, 2.05) is 66.7 Å². The Balaban J connectivity index is 1.12. The molecule has 0 N–H and O–H groups in total. The molecule has 12 aromatic rings. The number of aromatic nitrogens is 4. The van der Waals surface area contributed by atoms with Gasteiger partial charge in [0.1, 0.15) is 0 Å². The summed E-state index contributed by atoms with van der Waals surface area (Å²) < 4.78 is 85.4. The number of para-hydroxylation sites is 2. The summed E-state index contributed by atoms with van der Waals surface area (Å²) in [6.07, 6.45) is 0. The molecule has 3 heterocycles. The predicted octanol–water partition coefficient (Wildman–Crippen LogP) is 15.3. The SMILES string of the molecule is [2H]c1cc([2H])c(-c2c([2H])c([2H])c3c(c2[2H])c2c([2H])c([2H])cc([2H])c2n3-c2ccccc2-c2nc(-c3ccccc3)nc(-c3ccccc3-c3cccc4c3sc3c(-c5ccccc5)cccc34)n2)c([2H])c1. The van der Waals surface area contributed by atoms with E-state index in [1.54, 1.807) is 28.0 Å². The third kappa shape index (κ3) is 6.01. The van der Waals surface area contributed by atoms with Crippen LogP contribution in [0.2, 0.25) is 0 Å². The molecule has 0 spiro atoms. The van der Waals surface area contributed by atoms with Crippen LogP contribution in [0.1, 0.15) is 12.3 Å². The zero-order valence-corrected chi connectivity index (χ0v) is 33.6. The van der Waals surface area contributed by atoms with Crippen molar-refractivity contribution in [3.8, 4) is 73.2 Å². The molecular formula is C57H36N4S. The van der Waals surface area contributed by atoms with Gasteiger partial charge >= 0.3 is 0 Å². The van der Waals surface area contributed by atoms with E-state index in [9.17, 15) is 6.85 Å². The van der Waals surface area contributed by atoms with Gasteiger partial charge in [-0.25, -0.2) is 15.0 Å². The summed E-state index contributed by atoms with van der Waals surface area (Å²) in [6.45, 7) is 0. The fraction of sp³-hybridized carbons (Fsp3) is 0. The summed E-state index contributed by atoms with van der Waals surface area (Å²) in [4.78, 5) is 15.5. The van der Waals surface area contributed by atoms with Crippen molar-refractivity contribution in [3.05, 3.63) is 218 Å². The molecule has 0 aliphatic rings. The third-order valence-corrected chi connectivity index (χ3v) is 12.5. The maximum atomic E-state index is 9.68. The van der Waals surface area contributed by atoms with Gasteiger partial charge in [0, 0.05) is 53.2 Å². The molecule has 0 amide bonds. The van der Waals surface area contributed by atoms with Gasteiger partial charge in [-0.15, -0.1) is 11.3 Å². The van der Waals surface area contributed by atoms with Crippen LogP contribution in [0.25, 0.3) is 115 Å². The van der Waals surface area contributed by atoms with Crippen molar-refractivity contribution in [1.82, 2.24) is 19.5 Å². The van der Waals surface area contributed by atoms with E-state index in [0.717, 1.165) is 43.5 Å². The van der Waals surface area contributed by atoms with Gasteiger partial charge in [-0.3, -0.25) is 0 Å². The molecular weight excluding hydrogens is 773 g/mol. The molecule has 3 aromatic heterocycles. The van der Waals surface area contributed by atoms with Crippen LogP contribution in [0.3, 0.4) is 0 Å². The average molecular weight is 818 g/mol. The molecule has 0 aliphatic heterocycles. The Morgan fingerprint density at radius 2 is 0.935 bits per heavy atom. The lowest BCUT2D eigenvalue weighted by atomic mass is 9.96. The highest BCUT2D eigenvalue weighted by Gasteiger charge is 2.22. The Morgan fingerprint density at radius 3 is 1.71 bits per heavy atom. The second kappa shape index (κ2) is 14.9. The molecule has 9 aromatic carbocycles. The summed E-state index contributed by atoms with van der Waals surface area (Å²) in [5, 5.41) is 2.37. The number of benzene rings is 9. The minimum Gasteiger partial charge on any atom is -0.309 e. The van der Waals surface area contributed by atoms with Gasteiger partial charge < -0.3 is 4.57 Å². The summed E-state index contributed by atoms with van der Waals surface area (Å²) >= 11 is 1.75. The highest BCUT2D eigenvalue weighted by Crippen LogP contribution is 2.46. The van der Waals surface area contributed by atoms with Crippen LogP contribution >= 0.6 is 11.3 Å². The highest BCUT2D eigenvalue weighted by molar-refractivity contribution is 7.26. The van der Waals surface area contributed by atoms with Crippen molar-refractivity contribution in [3.63, 3.8) is 0 Å². The van der Waals surface area contributed by atoms with E-state index in [-0.39, 0.29) is 87.1 Å². The molecule has 0 saturated heterocycles. The highest BCUT2D eigenvalue weighted by atomic mass is 32.1. The molecule has 0 radical (unpaired) electrons. The lowest BCUT2D eigenvalue weighted by Gasteiger charge is -2.15. The molecule has 0 bridgehead atoms. The van der Waals surface area contributed by atoms with Crippen molar-refractivity contribution in [2.75, 3.05) is 0 Å². The van der Waals surface area contributed by atoms with E-state index in [1.165, 1.54) is 28.3 Å². The van der Waals surface area contributed by atoms with Crippen LogP contribution in [0.5, 0.6) is 0 Å². The van der Waals surface area contributed by atoms with E-state index in [4.69, 9.17) is 20.4 Å². The Labute approximate surface area is 375 Å². The average Bonchev–Trinajstić information content (AvgIpc) is 3.97. The minimum absolute atomic E-state index is 0.0219. The number of rotatable bonds is 7. The molecule has 4 nitrogen and oxygen atoms in total. The number of nitrogens with zero attached hydrogens (tertiary/aromatic N) is 4. The van der Waals surface area contributed by atoms with Gasteiger partial charge in [-0.2, -0.15) is 0 Å². The van der Waals surface area contributed by atoms with Crippen molar-refractivity contribution in [1.29, 1.82) is 0 Å². The second-order valence-electron chi connectivity index (χ2n) is 14.8. The number of hydrogen-bond acceptors (Lipinski definition) is 4. The molecule has 5 heteroatoms. The van der Waals surface area contributed by atoms with Crippen LogP contribution < -0.4 is 0 Å². The number of thiophene rings is 1. The first-order valence-corrected chi connectivity index (χ1v) is 20.9. The fourth-order valence-corrected chi connectivity index (χ4v) is 9.73. The van der Waals surface area contributed by atoms with E-state index >= 15 is 0 Å². The van der Waals surface area contributed by atoms with Gasteiger partial charge in [-0.05, 0) is 58.1 Å². The molecule has 290 valence electrons. The largest absolute Gasteiger partial charge is 0.309 e. The van der Waals surface area contributed by atoms with Crippen LogP contribution in [-0.4, -0.2) is 19.5 Å². The van der Waals surface area contributed by atoms with Crippen molar-refractivity contribution >= 4 is 53.3 Å². The van der Waals surface area contributed by atoms with Gasteiger partial charge in [0.25, 0.3) is 0 Å². The zero-order valence-electron chi connectivity index (χ0n) is 41.8. The Bertz CT molecular complexity index is 4150. The van der Waals surface area contributed by atoms with Crippen molar-refractivity contribution < 1.29 is 12.3 Å². The first-order valence-electron chi connectivity index (χ1n) is 24.6. The molecule has 62 heavy (non-hydrogen) atoms. The lowest BCUT2D eigenvalue weighted by Crippen LogP contribution is -2.04. The first-order chi connectivity index (χ1) is 34.5. The van der Waals surface area contributed by atoms with Crippen LogP contribution in [-0.2, 0) is 0 Å². The van der Waals surface area contributed by atoms with Crippen LogP contribution in [0.15, 0.2) is 218 Å². The topological polar surface area (TPSA) is 43.6 Å². The van der Waals surface area contributed by atoms with Gasteiger partial charge in [-0.1, -0.05) is 188 Å². The Hall–Kier alpha value is -7.99. The molecule has 0 atom stereocenters. The lowest BCUT2D eigenvalue weighted by molar-refractivity contribution is 1.06. The Morgan fingerprint density at radius 1 is 0.355 bits per heavy atom. The summed E-state index contributed by atoms with van der Waals surface area (Å²) in [7, 11) is 0. The number of hydrogen-bond donors (Lipinski definition) is 0. The van der Waals surface area contributed by atoms with Crippen molar-refractivity contribution in [2.45, 2.75) is 0 Å². The molecule has 0 aliphatic carbocycles. The molecule has 0 fully saturated rings. The standard InChI is InChI=1S/C57H36N4S/c1-4-18-37(19-5-1)40-34-35-52-49(36-40)43-25-12-14-32-50(43)61(52)51-33-15-13-27-48(51)57-59-55(39-22-8-3-9-23-39)58-56(60-57)47-26-11-10-24-42(47)44-29-17-31-46-45-30-16-28-41(53(45)62-54(44)46)38-20-6-2-7-21-38/h1-36H/i1D,12D,18D,19D,25D,32D,34D,35D,36D. The van der Waals surface area contributed by atoms with Crippen LogP contribution in [0, 0.1) is 0 Å². The maximum absolute atomic E-state index is 9.68. The quantitative estimate of drug-likeness (QED) is 0.161. The third-order valence-electron chi connectivity index (χ3n) is 11.2. The maximum Gasteiger partial charge on any atom is 0.166 e. The Kier molecular flexibility index (Phi) is 6.67. The molecule has 0 saturated carbocycles. The molecule has 12 rings (SSSR count). The first kappa shape index (κ1) is 27.7. The van der Waals surface area contributed by atoms with E-state index < -0.39 is 6.04 Å². The van der Waals surface area contributed by atoms with Crippen molar-refractivity contribution in [2.24, 2.45) is 0 Å². The molecule has 0 unspecified atom stereocenters. The normalized spacial score (nSPS) is 13.6. The van der Waals surface area contributed by atoms with E-state index in [0.29, 0.717) is 22.9 Å². The monoisotopic (exact) mass is 817 g/mol. The summed E-state index contributed by atoms with van der Waals surface area (Å²) in [5.41, 5.74) is 6.45. The predicted molar refractivity (Wildman–Crippen MR) is 260 cm³/mol. The summed E-state index contributed by atoms with van der Waals surface area (Å²) in [5.74, 6) is 1.04.